The molecule has 0 saturated heterocycles. The fourth-order valence-corrected chi connectivity index (χ4v) is 3.96. The molecule has 1 heterocycles. The third-order valence-electron chi connectivity index (χ3n) is 4.37. The van der Waals surface area contributed by atoms with Gasteiger partial charge >= 0.3 is 0 Å². The maximum absolute atomic E-state index is 10.2. The SMILES string of the molecule is CCNC(=NCC(O)c1ccc(Cl)s1)NCC1CC1c1ccccc1. The van der Waals surface area contributed by atoms with E-state index in [9.17, 15) is 5.11 Å². The molecule has 4 nitrogen and oxygen atoms in total. The highest BCUT2D eigenvalue weighted by Crippen LogP contribution is 2.46. The minimum Gasteiger partial charge on any atom is -0.386 e. The molecule has 25 heavy (non-hydrogen) atoms. The zero-order chi connectivity index (χ0) is 17.6. The van der Waals surface area contributed by atoms with Crippen molar-refractivity contribution in [3.05, 3.63) is 57.2 Å². The van der Waals surface area contributed by atoms with Crippen LogP contribution in [0.4, 0.5) is 0 Å². The second kappa shape index (κ2) is 8.70. The molecule has 0 amide bonds. The summed E-state index contributed by atoms with van der Waals surface area (Å²) in [6, 6.07) is 14.3. The van der Waals surface area contributed by atoms with Gasteiger partial charge in [-0.3, -0.25) is 4.99 Å². The number of aliphatic hydroxyl groups is 1. The predicted octanol–water partition coefficient (Wildman–Crippen LogP) is 3.79. The first-order chi connectivity index (χ1) is 12.2. The lowest BCUT2D eigenvalue weighted by atomic mass is 10.1. The van der Waals surface area contributed by atoms with Crippen LogP contribution >= 0.6 is 22.9 Å². The van der Waals surface area contributed by atoms with Crippen LogP contribution in [0.2, 0.25) is 4.34 Å². The number of guanidine groups is 1. The summed E-state index contributed by atoms with van der Waals surface area (Å²) in [5, 5.41) is 16.9. The lowest BCUT2D eigenvalue weighted by Crippen LogP contribution is -2.38. The molecule has 1 saturated carbocycles. The Morgan fingerprint density at radius 2 is 2.08 bits per heavy atom. The van der Waals surface area contributed by atoms with Crippen LogP contribution in [0.15, 0.2) is 47.5 Å². The van der Waals surface area contributed by atoms with Gasteiger partial charge in [0.05, 0.1) is 10.9 Å². The van der Waals surface area contributed by atoms with Gasteiger partial charge in [0.1, 0.15) is 6.10 Å². The molecule has 3 atom stereocenters. The highest BCUT2D eigenvalue weighted by atomic mass is 35.5. The lowest BCUT2D eigenvalue weighted by molar-refractivity contribution is 0.191. The average Bonchev–Trinajstić information content (AvgIpc) is 3.29. The smallest absolute Gasteiger partial charge is 0.191 e. The van der Waals surface area contributed by atoms with Crippen molar-refractivity contribution in [2.75, 3.05) is 19.6 Å². The van der Waals surface area contributed by atoms with Gasteiger partial charge in [0, 0.05) is 18.0 Å². The Balaban J connectivity index is 1.49. The van der Waals surface area contributed by atoms with Crippen LogP contribution in [0.25, 0.3) is 0 Å². The van der Waals surface area contributed by atoms with Crippen molar-refractivity contribution >= 4 is 28.9 Å². The fourth-order valence-electron chi connectivity index (χ4n) is 2.93. The molecule has 3 unspecified atom stereocenters. The summed E-state index contributed by atoms with van der Waals surface area (Å²) in [6.07, 6.45) is 0.596. The van der Waals surface area contributed by atoms with Gasteiger partial charge in [0.15, 0.2) is 5.96 Å². The van der Waals surface area contributed by atoms with E-state index < -0.39 is 6.10 Å². The van der Waals surface area contributed by atoms with Gasteiger partial charge in [0.25, 0.3) is 0 Å². The molecule has 1 fully saturated rings. The van der Waals surface area contributed by atoms with Gasteiger partial charge < -0.3 is 15.7 Å². The van der Waals surface area contributed by atoms with Gasteiger partial charge in [-0.15, -0.1) is 11.3 Å². The molecule has 1 aliphatic rings. The maximum atomic E-state index is 10.2. The Morgan fingerprint density at radius 3 is 2.76 bits per heavy atom. The van der Waals surface area contributed by atoms with E-state index >= 15 is 0 Å². The standard InChI is InChI=1S/C19H24ClN3OS/c1-2-21-19(23-12-16(24)17-8-9-18(20)25-17)22-11-14-10-15(14)13-6-4-3-5-7-13/h3-9,14-16,24H,2,10-12H2,1H3,(H2,21,22,23). The molecule has 0 radical (unpaired) electrons. The normalized spacial score (nSPS) is 21.0. The van der Waals surface area contributed by atoms with Crippen LogP contribution in [-0.4, -0.2) is 30.7 Å². The minimum absolute atomic E-state index is 0.318. The summed E-state index contributed by atoms with van der Waals surface area (Å²) < 4.78 is 0.684. The Hall–Kier alpha value is -1.56. The van der Waals surface area contributed by atoms with Gasteiger partial charge in [0.2, 0.25) is 0 Å². The Labute approximate surface area is 158 Å². The zero-order valence-electron chi connectivity index (χ0n) is 14.3. The van der Waals surface area contributed by atoms with Crippen molar-refractivity contribution in [1.82, 2.24) is 10.6 Å². The zero-order valence-corrected chi connectivity index (χ0v) is 15.9. The largest absolute Gasteiger partial charge is 0.386 e. The van der Waals surface area contributed by atoms with Crippen LogP contribution in [0, 0.1) is 5.92 Å². The molecule has 1 aliphatic carbocycles. The van der Waals surface area contributed by atoms with Gasteiger partial charge in [-0.1, -0.05) is 41.9 Å². The summed E-state index contributed by atoms with van der Waals surface area (Å²) in [5.41, 5.74) is 1.42. The number of aliphatic hydroxyl groups excluding tert-OH is 1. The summed E-state index contributed by atoms with van der Waals surface area (Å²) in [7, 11) is 0. The predicted molar refractivity (Wildman–Crippen MR) is 106 cm³/mol. The van der Waals surface area contributed by atoms with Crippen LogP contribution in [-0.2, 0) is 0 Å². The number of rotatable bonds is 7. The molecule has 1 aromatic carbocycles. The highest BCUT2D eigenvalue weighted by molar-refractivity contribution is 7.16. The number of nitrogens with zero attached hydrogens (tertiary/aromatic N) is 1. The molecule has 0 bridgehead atoms. The molecular weight excluding hydrogens is 354 g/mol. The van der Waals surface area contributed by atoms with E-state index in [1.807, 2.05) is 13.0 Å². The number of benzene rings is 1. The number of hydrogen-bond donors (Lipinski definition) is 3. The van der Waals surface area contributed by atoms with E-state index in [-0.39, 0.29) is 0 Å². The van der Waals surface area contributed by atoms with Gasteiger partial charge in [-0.05, 0) is 42.9 Å². The van der Waals surface area contributed by atoms with Crippen molar-refractivity contribution in [1.29, 1.82) is 0 Å². The first-order valence-electron chi connectivity index (χ1n) is 8.67. The quantitative estimate of drug-likeness (QED) is 0.508. The average molecular weight is 378 g/mol. The van der Waals surface area contributed by atoms with E-state index in [0.717, 1.165) is 23.9 Å². The summed E-state index contributed by atoms with van der Waals surface area (Å²) >= 11 is 7.31. The number of aliphatic imine (C=N–C) groups is 1. The van der Waals surface area contributed by atoms with Crippen LogP contribution in [0.1, 0.15) is 35.8 Å². The van der Waals surface area contributed by atoms with Crippen molar-refractivity contribution < 1.29 is 5.11 Å². The number of halogens is 1. The third kappa shape index (κ3) is 5.21. The van der Waals surface area contributed by atoms with E-state index in [1.54, 1.807) is 6.07 Å². The molecule has 0 aliphatic heterocycles. The lowest BCUT2D eigenvalue weighted by Gasteiger charge is -2.12. The number of hydrogen-bond acceptors (Lipinski definition) is 3. The van der Waals surface area contributed by atoms with E-state index in [4.69, 9.17) is 11.6 Å². The van der Waals surface area contributed by atoms with Crippen molar-refractivity contribution in [2.45, 2.75) is 25.4 Å². The first kappa shape index (κ1) is 18.2. The molecule has 3 rings (SSSR count). The summed E-state index contributed by atoms with van der Waals surface area (Å²) in [5.74, 6) is 2.05. The molecule has 1 aromatic heterocycles. The van der Waals surface area contributed by atoms with Gasteiger partial charge in [-0.25, -0.2) is 0 Å². The Kier molecular flexibility index (Phi) is 6.34. The summed E-state index contributed by atoms with van der Waals surface area (Å²) in [6.45, 7) is 4.04. The fraction of sp³-hybridized carbons (Fsp3) is 0.421. The van der Waals surface area contributed by atoms with Crippen LogP contribution in [0.3, 0.4) is 0 Å². The number of nitrogens with one attached hydrogen (secondary N) is 2. The maximum Gasteiger partial charge on any atom is 0.191 e. The minimum atomic E-state index is -0.619. The highest BCUT2D eigenvalue weighted by Gasteiger charge is 2.37. The molecule has 134 valence electrons. The van der Waals surface area contributed by atoms with Crippen LogP contribution < -0.4 is 10.6 Å². The molecule has 0 spiro atoms. The van der Waals surface area contributed by atoms with E-state index in [0.29, 0.717) is 22.7 Å². The van der Waals surface area contributed by atoms with Crippen molar-refractivity contribution in [3.8, 4) is 0 Å². The first-order valence-corrected chi connectivity index (χ1v) is 9.87. The van der Waals surface area contributed by atoms with Gasteiger partial charge in [-0.2, -0.15) is 0 Å². The molecular formula is C19H24ClN3OS. The van der Waals surface area contributed by atoms with Crippen molar-refractivity contribution in [3.63, 3.8) is 0 Å². The molecule has 2 aromatic rings. The second-order valence-corrected chi connectivity index (χ2v) is 8.02. The monoisotopic (exact) mass is 377 g/mol. The molecule has 6 heteroatoms. The molecule has 3 N–H and O–H groups in total. The van der Waals surface area contributed by atoms with Crippen LogP contribution in [0.5, 0.6) is 0 Å². The second-order valence-electron chi connectivity index (χ2n) is 6.27. The van der Waals surface area contributed by atoms with E-state index in [2.05, 4.69) is 46.0 Å². The summed E-state index contributed by atoms with van der Waals surface area (Å²) in [4.78, 5) is 5.35. The van der Waals surface area contributed by atoms with Crippen molar-refractivity contribution in [2.24, 2.45) is 10.9 Å². The third-order valence-corrected chi connectivity index (χ3v) is 5.70. The van der Waals surface area contributed by atoms with E-state index in [1.165, 1.54) is 23.3 Å². The Morgan fingerprint density at radius 1 is 1.28 bits per heavy atom. The number of thiophene rings is 1. The topological polar surface area (TPSA) is 56.7 Å². The Bertz CT molecular complexity index is 704.